The smallest absolute Gasteiger partial charge is 0.272 e. The van der Waals surface area contributed by atoms with E-state index in [2.05, 4.69) is 10.3 Å². The molecule has 0 aliphatic carbocycles. The highest BCUT2D eigenvalue weighted by Gasteiger charge is 2.15. The van der Waals surface area contributed by atoms with Gasteiger partial charge in [0.05, 0.1) is 10.7 Å². The van der Waals surface area contributed by atoms with E-state index in [0.717, 1.165) is 21.8 Å². The summed E-state index contributed by atoms with van der Waals surface area (Å²) in [6.45, 7) is 5.36. The van der Waals surface area contributed by atoms with Gasteiger partial charge in [-0.3, -0.25) is 9.59 Å². The van der Waals surface area contributed by atoms with E-state index >= 15 is 0 Å². The van der Waals surface area contributed by atoms with Crippen molar-refractivity contribution in [1.82, 2.24) is 9.55 Å². The van der Waals surface area contributed by atoms with E-state index in [0.29, 0.717) is 16.9 Å². The zero-order chi connectivity index (χ0) is 18.1. The predicted molar refractivity (Wildman–Crippen MR) is 100 cm³/mol. The highest BCUT2D eigenvalue weighted by atomic mass is 32.1. The van der Waals surface area contributed by atoms with Gasteiger partial charge in [0.15, 0.2) is 5.78 Å². The molecule has 0 radical (unpaired) electrons. The largest absolute Gasteiger partial charge is 0.346 e. The Bertz CT molecular complexity index is 969. The molecule has 0 spiro atoms. The summed E-state index contributed by atoms with van der Waals surface area (Å²) in [5.41, 5.74) is 4.44. The highest BCUT2D eigenvalue weighted by molar-refractivity contribution is 7.09. The van der Waals surface area contributed by atoms with Gasteiger partial charge < -0.3 is 9.88 Å². The lowest BCUT2D eigenvalue weighted by Crippen LogP contribution is -2.16. The van der Waals surface area contributed by atoms with Crippen LogP contribution in [0, 0.1) is 13.8 Å². The average molecular weight is 353 g/mol. The molecule has 6 heteroatoms. The fourth-order valence-corrected chi connectivity index (χ4v) is 3.21. The van der Waals surface area contributed by atoms with Crippen LogP contribution in [0.1, 0.15) is 38.3 Å². The topological polar surface area (TPSA) is 64.0 Å². The Labute approximate surface area is 150 Å². The third-order valence-electron chi connectivity index (χ3n) is 4.04. The number of rotatable bonds is 4. The molecule has 0 unspecified atom stereocenters. The number of aromatic nitrogens is 2. The molecule has 0 atom stereocenters. The molecule has 5 nitrogen and oxygen atoms in total. The van der Waals surface area contributed by atoms with Crippen molar-refractivity contribution in [2.24, 2.45) is 7.05 Å². The summed E-state index contributed by atoms with van der Waals surface area (Å²) in [7, 11) is 1.83. The van der Waals surface area contributed by atoms with E-state index in [1.165, 1.54) is 6.92 Å². The Kier molecular flexibility index (Phi) is 4.55. The van der Waals surface area contributed by atoms with Gasteiger partial charge in [0.2, 0.25) is 0 Å². The highest BCUT2D eigenvalue weighted by Crippen LogP contribution is 2.24. The molecule has 128 valence electrons. The van der Waals surface area contributed by atoms with Gasteiger partial charge in [-0.05, 0) is 38.5 Å². The fourth-order valence-electron chi connectivity index (χ4n) is 2.59. The lowest BCUT2D eigenvalue weighted by atomic mass is 10.1. The van der Waals surface area contributed by atoms with Crippen LogP contribution < -0.4 is 5.32 Å². The molecule has 3 aromatic rings. The minimum atomic E-state index is -0.218. The van der Waals surface area contributed by atoms with E-state index in [1.54, 1.807) is 28.0 Å². The molecule has 1 N–H and O–H groups in total. The zero-order valence-electron chi connectivity index (χ0n) is 14.6. The Morgan fingerprint density at radius 1 is 1.20 bits per heavy atom. The van der Waals surface area contributed by atoms with Crippen LogP contribution in [0.15, 0.2) is 35.8 Å². The summed E-state index contributed by atoms with van der Waals surface area (Å²) < 4.78 is 1.78. The fraction of sp³-hybridized carbons (Fsp3) is 0.211. The van der Waals surface area contributed by atoms with Crippen molar-refractivity contribution >= 4 is 28.7 Å². The van der Waals surface area contributed by atoms with E-state index in [9.17, 15) is 9.59 Å². The van der Waals surface area contributed by atoms with Crippen LogP contribution in [-0.2, 0) is 7.05 Å². The van der Waals surface area contributed by atoms with Gasteiger partial charge in [0.1, 0.15) is 5.69 Å². The standard InChI is InChI=1S/C19H19N3O2S/c1-11-5-6-14(12(2)23)7-16(11)21-19(24)18-8-15(9-22(18)4)17-10-25-13(3)20-17/h5-10H,1-4H3,(H,21,24). The quantitative estimate of drug-likeness (QED) is 0.714. The molecule has 0 saturated heterocycles. The third-order valence-corrected chi connectivity index (χ3v) is 4.82. The van der Waals surface area contributed by atoms with Crippen LogP contribution in [0.4, 0.5) is 5.69 Å². The minimum absolute atomic E-state index is 0.0319. The number of amides is 1. The molecule has 0 fully saturated rings. The Morgan fingerprint density at radius 2 is 1.96 bits per heavy atom. The van der Waals surface area contributed by atoms with E-state index in [-0.39, 0.29) is 11.7 Å². The number of Topliss-reactive ketones (excluding diaryl/α,β-unsaturated/α-hetero) is 1. The molecule has 0 aliphatic rings. The lowest BCUT2D eigenvalue weighted by Gasteiger charge is -2.10. The maximum absolute atomic E-state index is 12.7. The number of hydrogen-bond acceptors (Lipinski definition) is 4. The van der Waals surface area contributed by atoms with Crippen LogP contribution in [-0.4, -0.2) is 21.2 Å². The SMILES string of the molecule is CC(=O)c1ccc(C)c(NC(=O)c2cc(-c3csc(C)n3)cn2C)c1. The van der Waals surface area contributed by atoms with Crippen LogP contribution >= 0.6 is 11.3 Å². The molecule has 0 aliphatic heterocycles. The molecule has 0 saturated carbocycles. The first-order valence-corrected chi connectivity index (χ1v) is 8.75. The van der Waals surface area contributed by atoms with Gasteiger partial charge in [0, 0.05) is 35.4 Å². The normalized spacial score (nSPS) is 10.7. The Balaban J connectivity index is 1.88. The van der Waals surface area contributed by atoms with Crippen LogP contribution in [0.3, 0.4) is 0 Å². The molecular formula is C19H19N3O2S. The maximum Gasteiger partial charge on any atom is 0.272 e. The summed E-state index contributed by atoms with van der Waals surface area (Å²) in [5.74, 6) is -0.250. The van der Waals surface area contributed by atoms with Crippen molar-refractivity contribution in [2.75, 3.05) is 5.32 Å². The number of benzene rings is 1. The second-order valence-corrected chi connectivity index (χ2v) is 7.08. The number of aryl methyl sites for hydroxylation is 3. The van der Waals surface area contributed by atoms with Crippen molar-refractivity contribution in [1.29, 1.82) is 0 Å². The van der Waals surface area contributed by atoms with Crippen LogP contribution in [0.5, 0.6) is 0 Å². The molecule has 1 aromatic carbocycles. The van der Waals surface area contributed by atoms with Crippen molar-refractivity contribution in [3.63, 3.8) is 0 Å². The Hall–Kier alpha value is -2.73. The van der Waals surface area contributed by atoms with Crippen molar-refractivity contribution in [3.8, 4) is 11.3 Å². The van der Waals surface area contributed by atoms with Gasteiger partial charge in [-0.15, -0.1) is 11.3 Å². The van der Waals surface area contributed by atoms with Crippen molar-refractivity contribution in [3.05, 3.63) is 57.7 Å². The molecule has 0 bridgehead atoms. The van der Waals surface area contributed by atoms with Crippen LogP contribution in [0.2, 0.25) is 0 Å². The van der Waals surface area contributed by atoms with E-state index < -0.39 is 0 Å². The zero-order valence-corrected chi connectivity index (χ0v) is 15.4. The van der Waals surface area contributed by atoms with Crippen LogP contribution in [0.25, 0.3) is 11.3 Å². The number of anilines is 1. The monoisotopic (exact) mass is 353 g/mol. The van der Waals surface area contributed by atoms with Gasteiger partial charge in [-0.2, -0.15) is 0 Å². The van der Waals surface area contributed by atoms with E-state index in [4.69, 9.17) is 0 Å². The molecular weight excluding hydrogens is 334 g/mol. The number of carbonyl (C=O) groups excluding carboxylic acids is 2. The van der Waals surface area contributed by atoms with Gasteiger partial charge in [-0.1, -0.05) is 12.1 Å². The van der Waals surface area contributed by atoms with Gasteiger partial charge in [-0.25, -0.2) is 4.98 Å². The molecule has 2 heterocycles. The third kappa shape index (κ3) is 3.53. The maximum atomic E-state index is 12.7. The summed E-state index contributed by atoms with van der Waals surface area (Å²) in [5, 5.41) is 5.87. The number of carbonyl (C=O) groups is 2. The predicted octanol–water partition coefficient (Wildman–Crippen LogP) is 4.22. The molecule has 1 amide bonds. The van der Waals surface area contributed by atoms with Crippen molar-refractivity contribution < 1.29 is 9.59 Å². The number of nitrogens with one attached hydrogen (secondary N) is 1. The number of thiazole rings is 1. The second kappa shape index (κ2) is 6.64. The first-order chi connectivity index (χ1) is 11.8. The first kappa shape index (κ1) is 17.1. The molecule has 2 aromatic heterocycles. The minimum Gasteiger partial charge on any atom is -0.346 e. The lowest BCUT2D eigenvalue weighted by molar-refractivity contribution is 0.100. The summed E-state index contributed by atoms with van der Waals surface area (Å²) in [4.78, 5) is 28.7. The summed E-state index contributed by atoms with van der Waals surface area (Å²) >= 11 is 1.58. The Morgan fingerprint density at radius 3 is 2.60 bits per heavy atom. The van der Waals surface area contributed by atoms with E-state index in [1.807, 2.05) is 44.6 Å². The number of nitrogens with zero attached hydrogens (tertiary/aromatic N) is 2. The van der Waals surface area contributed by atoms with Gasteiger partial charge in [0.25, 0.3) is 5.91 Å². The van der Waals surface area contributed by atoms with Crippen molar-refractivity contribution in [2.45, 2.75) is 20.8 Å². The van der Waals surface area contributed by atoms with Gasteiger partial charge >= 0.3 is 0 Å². The summed E-state index contributed by atoms with van der Waals surface area (Å²) in [6, 6.07) is 7.14. The number of hydrogen-bond donors (Lipinski definition) is 1. The second-order valence-electron chi connectivity index (χ2n) is 6.02. The first-order valence-electron chi connectivity index (χ1n) is 7.87. The average Bonchev–Trinajstić information content (AvgIpc) is 3.15. The molecule has 25 heavy (non-hydrogen) atoms. The number of ketones is 1. The summed E-state index contributed by atoms with van der Waals surface area (Å²) in [6.07, 6.45) is 1.89. The molecule has 3 rings (SSSR count).